The van der Waals surface area contributed by atoms with Crippen molar-refractivity contribution in [1.29, 1.82) is 0 Å². The Morgan fingerprint density at radius 2 is 1.45 bits per heavy atom. The van der Waals surface area contributed by atoms with Crippen molar-refractivity contribution in [3.05, 3.63) is 124 Å². The van der Waals surface area contributed by atoms with E-state index in [0.29, 0.717) is 11.3 Å². The maximum Gasteiger partial charge on any atom is 0.323 e. The molecule has 1 aliphatic heterocycles. The van der Waals surface area contributed by atoms with Gasteiger partial charge in [-0.05, 0) is 43.0 Å². The monoisotopic (exact) mass is 523 g/mol. The predicted octanol–water partition coefficient (Wildman–Crippen LogP) is 6.09. The summed E-state index contributed by atoms with van der Waals surface area (Å²) < 4.78 is 0. The lowest BCUT2D eigenvalue weighted by molar-refractivity contribution is -0.122. The fourth-order valence-corrected chi connectivity index (χ4v) is 6.26. The number of benzene rings is 3. The van der Waals surface area contributed by atoms with E-state index in [1.54, 1.807) is 12.1 Å². The van der Waals surface area contributed by atoms with Crippen LogP contribution in [-0.2, 0) is 4.79 Å². The van der Waals surface area contributed by atoms with Crippen LogP contribution in [0.4, 0.5) is 10.5 Å². The number of urea groups is 1. The van der Waals surface area contributed by atoms with E-state index in [1.165, 1.54) is 16.2 Å². The van der Waals surface area contributed by atoms with Gasteiger partial charge >= 0.3 is 6.03 Å². The third-order valence-electron chi connectivity index (χ3n) is 7.15. The van der Waals surface area contributed by atoms with E-state index in [9.17, 15) is 14.4 Å². The van der Waals surface area contributed by atoms with Crippen LogP contribution in [0.15, 0.2) is 96.4 Å². The van der Waals surface area contributed by atoms with Crippen molar-refractivity contribution >= 4 is 34.7 Å². The van der Waals surface area contributed by atoms with Crippen molar-refractivity contribution < 1.29 is 14.4 Å². The summed E-state index contributed by atoms with van der Waals surface area (Å²) in [6.07, 6.45) is 0. The molecule has 0 radical (unpaired) electrons. The molecule has 0 spiro atoms. The molecule has 4 aromatic rings. The van der Waals surface area contributed by atoms with Gasteiger partial charge in [-0.1, -0.05) is 83.9 Å². The molecule has 6 nitrogen and oxygen atoms in total. The van der Waals surface area contributed by atoms with Crippen molar-refractivity contribution in [2.75, 3.05) is 5.32 Å². The van der Waals surface area contributed by atoms with E-state index in [-0.39, 0.29) is 5.78 Å². The van der Waals surface area contributed by atoms with Crippen molar-refractivity contribution in [2.45, 2.75) is 31.8 Å². The van der Waals surface area contributed by atoms with Crippen molar-refractivity contribution in [1.82, 2.24) is 4.90 Å². The zero-order chi connectivity index (χ0) is 26.8. The largest absolute Gasteiger partial charge is 0.368 e. The number of ketones is 1. The summed E-state index contributed by atoms with van der Waals surface area (Å²) in [6.45, 7) is 3.93. The molecule has 2 heterocycles. The molecule has 3 amide bonds. The van der Waals surface area contributed by atoms with Gasteiger partial charge in [-0.25, -0.2) is 4.79 Å². The zero-order valence-corrected chi connectivity index (χ0v) is 22.0. The van der Waals surface area contributed by atoms with E-state index in [1.807, 2.05) is 98.1 Å². The Labute approximate surface area is 226 Å². The Balaban J connectivity index is 1.67. The molecule has 3 N–H and O–H groups in total. The number of rotatable bonds is 6. The number of nitrogens with zero attached hydrogens (tertiary/aromatic N) is 1. The molecular weight excluding hydrogens is 494 g/mol. The topological polar surface area (TPSA) is 92.5 Å². The maximum atomic E-state index is 14.3. The van der Waals surface area contributed by atoms with Crippen LogP contribution in [0.5, 0.6) is 0 Å². The Bertz CT molecular complexity index is 1430. The van der Waals surface area contributed by atoms with Crippen LogP contribution in [0.3, 0.4) is 0 Å². The maximum absolute atomic E-state index is 14.3. The van der Waals surface area contributed by atoms with Crippen LogP contribution in [0.25, 0.3) is 0 Å². The first-order valence-electron chi connectivity index (χ1n) is 12.5. The van der Waals surface area contributed by atoms with Gasteiger partial charge in [0.2, 0.25) is 5.91 Å². The molecule has 7 heteroatoms. The van der Waals surface area contributed by atoms with Gasteiger partial charge in [-0.3, -0.25) is 9.59 Å². The number of nitrogens with two attached hydrogens (primary N) is 1. The third-order valence-corrected chi connectivity index (χ3v) is 8.12. The summed E-state index contributed by atoms with van der Waals surface area (Å²) in [5.41, 5.74) is 10.0. The van der Waals surface area contributed by atoms with Crippen LogP contribution < -0.4 is 11.1 Å². The summed E-state index contributed by atoms with van der Waals surface area (Å²) in [6, 6.07) is 25.8. The average Bonchev–Trinajstić information content (AvgIpc) is 3.57. The fraction of sp³-hybridized carbons (Fsp3) is 0.194. The van der Waals surface area contributed by atoms with Crippen LogP contribution in [-0.4, -0.2) is 28.7 Å². The zero-order valence-electron chi connectivity index (χ0n) is 21.2. The molecule has 192 valence electrons. The normalized spacial score (nSPS) is 20.7. The van der Waals surface area contributed by atoms with E-state index >= 15 is 0 Å². The smallest absolute Gasteiger partial charge is 0.323 e. The number of thiophene rings is 1. The minimum absolute atomic E-state index is 0.130. The predicted molar refractivity (Wildman–Crippen MR) is 150 cm³/mol. The second-order valence-electron chi connectivity index (χ2n) is 9.70. The van der Waals surface area contributed by atoms with Crippen LogP contribution in [0.2, 0.25) is 0 Å². The lowest BCUT2D eigenvalue weighted by Crippen LogP contribution is -2.48. The molecule has 1 aromatic heterocycles. The number of carbonyl (C=O) groups excluding carboxylic acids is 3. The molecule has 0 saturated carbocycles. The number of hydrogen-bond acceptors (Lipinski definition) is 4. The van der Waals surface area contributed by atoms with Gasteiger partial charge in [0.05, 0.1) is 12.0 Å². The number of amides is 3. The molecule has 3 aromatic carbocycles. The average molecular weight is 524 g/mol. The van der Waals surface area contributed by atoms with E-state index in [4.69, 9.17) is 5.73 Å². The number of anilines is 1. The standard InChI is InChI=1S/C31H29N3O3S/c1-19-10-14-22(15-11-19)29(35)26-25(24-9-6-18-38-24)28(30(32)36)34(27(26)21-7-4-3-5-8-21)31(37)33-23-16-12-20(2)13-17-23/h3-18,25-28H,1-2H3,(H2,32,36)(H,33,37). The molecule has 1 aliphatic rings. The highest BCUT2D eigenvalue weighted by atomic mass is 32.1. The van der Waals surface area contributed by atoms with Crippen molar-refractivity contribution in [3.8, 4) is 0 Å². The first-order valence-corrected chi connectivity index (χ1v) is 13.4. The highest BCUT2D eigenvalue weighted by Crippen LogP contribution is 2.52. The van der Waals surface area contributed by atoms with Gasteiger partial charge in [0.25, 0.3) is 0 Å². The van der Waals surface area contributed by atoms with E-state index in [2.05, 4.69) is 5.32 Å². The molecule has 1 saturated heterocycles. The van der Waals surface area contributed by atoms with Gasteiger partial charge in [-0.2, -0.15) is 0 Å². The molecule has 4 unspecified atom stereocenters. The second kappa shape index (κ2) is 10.6. The van der Waals surface area contributed by atoms with Crippen LogP contribution >= 0.6 is 11.3 Å². The number of Topliss-reactive ketones (excluding diaryl/α,β-unsaturated/α-hetero) is 1. The van der Waals surface area contributed by atoms with Gasteiger partial charge < -0.3 is 16.0 Å². The first-order chi connectivity index (χ1) is 18.3. The van der Waals surface area contributed by atoms with E-state index in [0.717, 1.165) is 21.6 Å². The minimum Gasteiger partial charge on any atom is -0.368 e. The SMILES string of the molecule is Cc1ccc(NC(=O)N2C(C(N)=O)C(c3cccs3)C(C(=O)c3ccc(C)cc3)C2c2ccccc2)cc1. The number of aryl methyl sites for hydroxylation is 2. The summed E-state index contributed by atoms with van der Waals surface area (Å²) in [4.78, 5) is 43.7. The third kappa shape index (κ3) is 4.85. The van der Waals surface area contributed by atoms with Crippen LogP contribution in [0.1, 0.15) is 43.9 Å². The molecule has 0 aliphatic carbocycles. The summed E-state index contributed by atoms with van der Waals surface area (Å²) in [5.74, 6) is -2.10. The number of nitrogens with one attached hydrogen (secondary N) is 1. The van der Waals surface area contributed by atoms with Gasteiger partial charge in [-0.15, -0.1) is 11.3 Å². The van der Waals surface area contributed by atoms with Crippen LogP contribution in [0, 0.1) is 19.8 Å². The first kappa shape index (κ1) is 25.4. The lowest BCUT2D eigenvalue weighted by Gasteiger charge is -2.31. The van der Waals surface area contributed by atoms with Crippen molar-refractivity contribution in [2.24, 2.45) is 11.7 Å². The Hall–Kier alpha value is -4.23. The van der Waals surface area contributed by atoms with Gasteiger partial charge in [0.15, 0.2) is 5.78 Å². The highest BCUT2D eigenvalue weighted by molar-refractivity contribution is 7.10. The summed E-state index contributed by atoms with van der Waals surface area (Å²) in [5, 5.41) is 4.85. The quantitative estimate of drug-likeness (QED) is 0.300. The number of hydrogen-bond donors (Lipinski definition) is 2. The summed E-state index contributed by atoms with van der Waals surface area (Å²) >= 11 is 1.46. The molecule has 0 bridgehead atoms. The molecular formula is C31H29N3O3S. The Morgan fingerprint density at radius 3 is 2.03 bits per heavy atom. The van der Waals surface area contributed by atoms with Crippen molar-refractivity contribution in [3.63, 3.8) is 0 Å². The number of carbonyl (C=O) groups is 3. The molecule has 1 fully saturated rings. The molecule has 5 rings (SSSR count). The molecule has 4 atom stereocenters. The minimum atomic E-state index is -1.02. The summed E-state index contributed by atoms with van der Waals surface area (Å²) in [7, 11) is 0. The number of likely N-dealkylation sites (tertiary alicyclic amines) is 1. The second-order valence-corrected chi connectivity index (χ2v) is 10.7. The fourth-order valence-electron chi connectivity index (χ4n) is 5.35. The Morgan fingerprint density at radius 1 is 0.816 bits per heavy atom. The number of primary amides is 1. The van der Waals surface area contributed by atoms with E-state index < -0.39 is 35.9 Å². The molecule has 38 heavy (non-hydrogen) atoms. The highest BCUT2D eigenvalue weighted by Gasteiger charge is 2.57. The lowest BCUT2D eigenvalue weighted by atomic mass is 9.78. The van der Waals surface area contributed by atoms with Gasteiger partial charge in [0, 0.05) is 22.0 Å². The van der Waals surface area contributed by atoms with Gasteiger partial charge in [0.1, 0.15) is 6.04 Å². The Kier molecular flexibility index (Phi) is 7.11.